The lowest BCUT2D eigenvalue weighted by Crippen LogP contribution is -2.33. The Labute approximate surface area is 132 Å². The van der Waals surface area contributed by atoms with E-state index in [4.69, 9.17) is 16.3 Å². The van der Waals surface area contributed by atoms with Crippen LogP contribution in [0.4, 0.5) is 0 Å². The lowest BCUT2D eigenvalue weighted by atomic mass is 9.85. The van der Waals surface area contributed by atoms with Gasteiger partial charge in [-0.25, -0.2) is 0 Å². The van der Waals surface area contributed by atoms with E-state index in [1.54, 1.807) is 0 Å². The lowest BCUT2D eigenvalue weighted by Gasteiger charge is -2.21. The second-order valence-electron chi connectivity index (χ2n) is 6.05. The van der Waals surface area contributed by atoms with Crippen LogP contribution in [0.25, 0.3) is 0 Å². The molecule has 1 aromatic rings. The number of hydrogen-bond acceptors (Lipinski definition) is 2. The molecule has 2 atom stereocenters. The van der Waals surface area contributed by atoms with E-state index in [9.17, 15) is 4.79 Å². The van der Waals surface area contributed by atoms with Crippen LogP contribution in [0.15, 0.2) is 24.3 Å². The first-order chi connectivity index (χ1) is 10.1. The van der Waals surface area contributed by atoms with Gasteiger partial charge in [0.25, 0.3) is 0 Å². The van der Waals surface area contributed by atoms with Crippen molar-refractivity contribution in [1.29, 1.82) is 0 Å². The molecule has 0 saturated carbocycles. The number of rotatable bonds is 6. The minimum atomic E-state index is 0.0964. The molecule has 1 fully saturated rings. The summed E-state index contributed by atoms with van der Waals surface area (Å²) in [6.07, 6.45) is 2.85. The molecule has 1 amide bonds. The summed E-state index contributed by atoms with van der Waals surface area (Å²) < 4.78 is 5.52. The van der Waals surface area contributed by atoms with Gasteiger partial charge < -0.3 is 10.1 Å². The van der Waals surface area contributed by atoms with Crippen molar-refractivity contribution in [3.63, 3.8) is 0 Å². The van der Waals surface area contributed by atoms with E-state index in [-0.39, 0.29) is 17.9 Å². The molecule has 1 heterocycles. The first-order valence-electron chi connectivity index (χ1n) is 7.70. The number of halogens is 1. The highest BCUT2D eigenvalue weighted by Gasteiger charge is 2.21. The standard InChI is InChI=1S/C17H24ClNO2/c1-12(2)16(13-5-7-14(18)8-6-13)10-17(20)19-11-15-4-3-9-21-15/h5-8,12,15-16H,3-4,9-11H2,1-2H3,(H,19,20). The summed E-state index contributed by atoms with van der Waals surface area (Å²) >= 11 is 5.93. The Hall–Kier alpha value is -1.06. The molecule has 0 aliphatic carbocycles. The zero-order valence-electron chi connectivity index (χ0n) is 12.8. The molecular weight excluding hydrogens is 286 g/mol. The summed E-state index contributed by atoms with van der Waals surface area (Å²) in [6.45, 7) is 5.74. The van der Waals surface area contributed by atoms with Gasteiger partial charge in [0.1, 0.15) is 0 Å². The van der Waals surface area contributed by atoms with E-state index in [1.165, 1.54) is 5.56 Å². The molecule has 3 nitrogen and oxygen atoms in total. The average Bonchev–Trinajstić information content (AvgIpc) is 2.97. The van der Waals surface area contributed by atoms with Crippen molar-refractivity contribution in [2.24, 2.45) is 5.92 Å². The summed E-state index contributed by atoms with van der Waals surface area (Å²) in [7, 11) is 0. The van der Waals surface area contributed by atoms with Crippen molar-refractivity contribution in [2.45, 2.75) is 45.1 Å². The molecule has 0 bridgehead atoms. The third-order valence-corrected chi connectivity index (χ3v) is 4.31. The van der Waals surface area contributed by atoms with E-state index >= 15 is 0 Å². The zero-order chi connectivity index (χ0) is 15.2. The molecule has 21 heavy (non-hydrogen) atoms. The van der Waals surface area contributed by atoms with Gasteiger partial charge in [0.2, 0.25) is 5.91 Å². The Morgan fingerprint density at radius 2 is 2.10 bits per heavy atom. The fourth-order valence-electron chi connectivity index (χ4n) is 2.75. The molecule has 0 aromatic heterocycles. The molecule has 1 aliphatic heterocycles. The zero-order valence-corrected chi connectivity index (χ0v) is 13.5. The van der Waals surface area contributed by atoms with Crippen LogP contribution in [0.5, 0.6) is 0 Å². The van der Waals surface area contributed by atoms with Crippen LogP contribution in [0.3, 0.4) is 0 Å². The lowest BCUT2D eigenvalue weighted by molar-refractivity contribution is -0.122. The Balaban J connectivity index is 1.89. The van der Waals surface area contributed by atoms with Gasteiger partial charge in [-0.3, -0.25) is 4.79 Å². The van der Waals surface area contributed by atoms with Crippen LogP contribution >= 0.6 is 11.6 Å². The minimum Gasteiger partial charge on any atom is -0.376 e. The van der Waals surface area contributed by atoms with Gasteiger partial charge >= 0.3 is 0 Å². The van der Waals surface area contributed by atoms with Gasteiger partial charge in [-0.1, -0.05) is 37.6 Å². The largest absolute Gasteiger partial charge is 0.376 e. The smallest absolute Gasteiger partial charge is 0.220 e. The Morgan fingerprint density at radius 3 is 2.67 bits per heavy atom. The van der Waals surface area contributed by atoms with E-state index in [1.807, 2.05) is 24.3 Å². The maximum Gasteiger partial charge on any atom is 0.220 e. The Kier molecular flexibility index (Phi) is 6.07. The molecule has 116 valence electrons. The number of carbonyl (C=O) groups excluding carboxylic acids is 1. The molecule has 0 spiro atoms. The van der Waals surface area contributed by atoms with E-state index in [0.717, 1.165) is 24.5 Å². The van der Waals surface area contributed by atoms with Crippen molar-refractivity contribution in [1.82, 2.24) is 5.32 Å². The predicted molar refractivity (Wildman–Crippen MR) is 85.6 cm³/mol. The summed E-state index contributed by atoms with van der Waals surface area (Å²) in [5.74, 6) is 0.713. The van der Waals surface area contributed by atoms with Crippen LogP contribution in [-0.2, 0) is 9.53 Å². The second kappa shape index (κ2) is 7.81. The molecule has 0 radical (unpaired) electrons. The van der Waals surface area contributed by atoms with Crippen molar-refractivity contribution >= 4 is 17.5 Å². The summed E-state index contributed by atoms with van der Waals surface area (Å²) in [5.41, 5.74) is 1.17. The number of amides is 1. The Bertz CT molecular complexity index is 452. The average molecular weight is 310 g/mol. The maximum atomic E-state index is 12.2. The predicted octanol–water partition coefficient (Wildman–Crippen LogP) is 3.76. The molecule has 1 aromatic carbocycles. The van der Waals surface area contributed by atoms with Crippen LogP contribution in [-0.4, -0.2) is 25.2 Å². The van der Waals surface area contributed by atoms with Crippen LogP contribution in [0, 0.1) is 5.92 Å². The van der Waals surface area contributed by atoms with Crippen LogP contribution < -0.4 is 5.32 Å². The summed E-state index contributed by atoms with van der Waals surface area (Å²) in [5, 5.41) is 3.73. The molecule has 1 aliphatic rings. The highest BCUT2D eigenvalue weighted by molar-refractivity contribution is 6.30. The van der Waals surface area contributed by atoms with Crippen LogP contribution in [0.2, 0.25) is 5.02 Å². The highest BCUT2D eigenvalue weighted by Crippen LogP contribution is 2.28. The van der Waals surface area contributed by atoms with Crippen molar-refractivity contribution in [3.8, 4) is 0 Å². The third-order valence-electron chi connectivity index (χ3n) is 4.06. The summed E-state index contributed by atoms with van der Waals surface area (Å²) in [4.78, 5) is 12.2. The highest BCUT2D eigenvalue weighted by atomic mass is 35.5. The van der Waals surface area contributed by atoms with E-state index in [0.29, 0.717) is 18.9 Å². The van der Waals surface area contributed by atoms with Crippen molar-refractivity contribution in [2.75, 3.05) is 13.2 Å². The molecule has 4 heteroatoms. The van der Waals surface area contributed by atoms with Gasteiger partial charge in [0.05, 0.1) is 6.10 Å². The normalized spacial score (nSPS) is 19.7. The van der Waals surface area contributed by atoms with Crippen molar-refractivity contribution < 1.29 is 9.53 Å². The molecule has 1 saturated heterocycles. The SMILES string of the molecule is CC(C)C(CC(=O)NCC1CCCO1)c1ccc(Cl)cc1. The second-order valence-corrected chi connectivity index (χ2v) is 6.48. The quantitative estimate of drug-likeness (QED) is 0.869. The molecule has 2 unspecified atom stereocenters. The first-order valence-corrected chi connectivity index (χ1v) is 8.08. The van der Waals surface area contributed by atoms with Gasteiger partial charge in [0, 0.05) is 24.6 Å². The number of carbonyl (C=O) groups is 1. The fourth-order valence-corrected chi connectivity index (χ4v) is 2.88. The van der Waals surface area contributed by atoms with Gasteiger partial charge in [-0.15, -0.1) is 0 Å². The first kappa shape index (κ1) is 16.3. The number of ether oxygens (including phenoxy) is 1. The van der Waals surface area contributed by atoms with Crippen molar-refractivity contribution in [3.05, 3.63) is 34.9 Å². The van der Waals surface area contributed by atoms with E-state index < -0.39 is 0 Å². The maximum absolute atomic E-state index is 12.2. The monoisotopic (exact) mass is 309 g/mol. The number of benzene rings is 1. The third kappa shape index (κ3) is 5.01. The topological polar surface area (TPSA) is 38.3 Å². The minimum absolute atomic E-state index is 0.0964. The van der Waals surface area contributed by atoms with Gasteiger partial charge in [0.15, 0.2) is 0 Å². The van der Waals surface area contributed by atoms with Crippen LogP contribution in [0.1, 0.15) is 44.6 Å². The molecule has 2 rings (SSSR count). The summed E-state index contributed by atoms with van der Waals surface area (Å²) in [6, 6.07) is 7.80. The molecular formula is C17H24ClNO2. The molecule has 1 N–H and O–H groups in total. The fraction of sp³-hybridized carbons (Fsp3) is 0.588. The van der Waals surface area contributed by atoms with E-state index in [2.05, 4.69) is 19.2 Å². The van der Waals surface area contributed by atoms with Gasteiger partial charge in [-0.2, -0.15) is 0 Å². The number of hydrogen-bond donors (Lipinski definition) is 1. The number of nitrogens with one attached hydrogen (secondary N) is 1. The Morgan fingerprint density at radius 1 is 1.38 bits per heavy atom. The van der Waals surface area contributed by atoms with Gasteiger partial charge in [-0.05, 0) is 42.4 Å².